The standard InChI is InChI=1S/C12H16N2O2S/c13-8-1-2-11(10(7-8)12(15)16)14-9-3-5-17-6-4-9/h1-2,7,9,14H,3-6,13H2,(H,15,16). The summed E-state index contributed by atoms with van der Waals surface area (Å²) in [5, 5.41) is 12.4. The van der Waals surface area contributed by atoms with Crippen LogP contribution in [0.25, 0.3) is 0 Å². The van der Waals surface area contributed by atoms with Crippen LogP contribution in [0.5, 0.6) is 0 Å². The van der Waals surface area contributed by atoms with Crippen LogP contribution in [-0.2, 0) is 0 Å². The van der Waals surface area contributed by atoms with Crippen molar-refractivity contribution in [2.45, 2.75) is 18.9 Å². The minimum absolute atomic E-state index is 0.253. The molecule has 92 valence electrons. The predicted molar refractivity (Wildman–Crippen MR) is 71.8 cm³/mol. The maximum absolute atomic E-state index is 11.1. The summed E-state index contributed by atoms with van der Waals surface area (Å²) in [4.78, 5) is 11.1. The highest BCUT2D eigenvalue weighted by Crippen LogP contribution is 2.24. The zero-order valence-corrected chi connectivity index (χ0v) is 10.3. The molecule has 4 N–H and O–H groups in total. The average molecular weight is 252 g/mol. The van der Waals surface area contributed by atoms with Crippen molar-refractivity contribution in [3.63, 3.8) is 0 Å². The molecule has 2 rings (SSSR count). The van der Waals surface area contributed by atoms with Gasteiger partial charge in [0.05, 0.1) is 5.56 Å². The molecule has 1 fully saturated rings. The molecule has 1 aliphatic heterocycles. The Bertz CT molecular complexity index is 417. The number of nitrogen functional groups attached to an aromatic ring is 1. The first-order chi connectivity index (χ1) is 8.16. The van der Waals surface area contributed by atoms with Gasteiger partial charge in [0.2, 0.25) is 0 Å². The summed E-state index contributed by atoms with van der Waals surface area (Å²) in [6.45, 7) is 0. The van der Waals surface area contributed by atoms with E-state index in [4.69, 9.17) is 10.8 Å². The fraction of sp³-hybridized carbons (Fsp3) is 0.417. The maximum Gasteiger partial charge on any atom is 0.337 e. The number of nitrogens with one attached hydrogen (secondary N) is 1. The van der Waals surface area contributed by atoms with Gasteiger partial charge in [0.15, 0.2) is 0 Å². The molecule has 0 aliphatic carbocycles. The molecule has 0 spiro atoms. The van der Waals surface area contributed by atoms with E-state index in [2.05, 4.69) is 5.32 Å². The summed E-state index contributed by atoms with van der Waals surface area (Å²) in [5.74, 6) is 1.33. The second-order valence-electron chi connectivity index (χ2n) is 4.14. The van der Waals surface area contributed by atoms with Gasteiger partial charge in [-0.05, 0) is 42.5 Å². The van der Waals surface area contributed by atoms with Gasteiger partial charge in [-0.1, -0.05) is 0 Å². The van der Waals surface area contributed by atoms with Gasteiger partial charge in [-0.15, -0.1) is 0 Å². The fourth-order valence-electron chi connectivity index (χ4n) is 1.93. The van der Waals surface area contributed by atoms with Crippen LogP contribution in [0.1, 0.15) is 23.2 Å². The average Bonchev–Trinajstić information content (AvgIpc) is 2.32. The number of carboxylic acid groups (broad SMARTS) is 1. The lowest BCUT2D eigenvalue weighted by molar-refractivity contribution is 0.0698. The maximum atomic E-state index is 11.1. The van der Waals surface area contributed by atoms with Crippen molar-refractivity contribution in [3.05, 3.63) is 23.8 Å². The normalized spacial score (nSPS) is 16.7. The number of carbonyl (C=O) groups is 1. The van der Waals surface area contributed by atoms with Crippen LogP contribution in [0.4, 0.5) is 11.4 Å². The number of benzene rings is 1. The van der Waals surface area contributed by atoms with Crippen LogP contribution in [0.15, 0.2) is 18.2 Å². The molecule has 1 aromatic rings. The zero-order valence-electron chi connectivity index (χ0n) is 9.48. The van der Waals surface area contributed by atoms with E-state index in [9.17, 15) is 4.79 Å². The molecule has 0 atom stereocenters. The third-order valence-corrected chi connectivity index (χ3v) is 3.90. The van der Waals surface area contributed by atoms with Crippen molar-refractivity contribution in [2.24, 2.45) is 0 Å². The highest BCUT2D eigenvalue weighted by atomic mass is 32.2. The van der Waals surface area contributed by atoms with E-state index in [1.54, 1.807) is 12.1 Å². The summed E-state index contributed by atoms with van der Waals surface area (Å²) < 4.78 is 0. The first kappa shape index (κ1) is 12.1. The van der Waals surface area contributed by atoms with Crippen molar-refractivity contribution in [3.8, 4) is 0 Å². The summed E-state index contributed by atoms with van der Waals surface area (Å²) in [6.07, 6.45) is 2.15. The lowest BCUT2D eigenvalue weighted by Crippen LogP contribution is -2.25. The number of hydrogen-bond acceptors (Lipinski definition) is 4. The third-order valence-electron chi connectivity index (χ3n) is 2.85. The lowest BCUT2D eigenvalue weighted by atomic mass is 10.1. The van der Waals surface area contributed by atoms with E-state index < -0.39 is 5.97 Å². The van der Waals surface area contributed by atoms with Crippen molar-refractivity contribution < 1.29 is 9.90 Å². The topological polar surface area (TPSA) is 75.3 Å². The van der Waals surface area contributed by atoms with Crippen molar-refractivity contribution in [1.29, 1.82) is 0 Å². The molecule has 0 saturated carbocycles. The van der Waals surface area contributed by atoms with E-state index in [-0.39, 0.29) is 5.56 Å². The highest BCUT2D eigenvalue weighted by molar-refractivity contribution is 7.99. The van der Waals surface area contributed by atoms with Gasteiger partial charge < -0.3 is 16.2 Å². The van der Waals surface area contributed by atoms with Gasteiger partial charge in [0, 0.05) is 17.4 Å². The van der Waals surface area contributed by atoms with Crippen LogP contribution in [0.2, 0.25) is 0 Å². The molecule has 0 aromatic heterocycles. The minimum Gasteiger partial charge on any atom is -0.478 e. The van der Waals surface area contributed by atoms with E-state index in [0.29, 0.717) is 17.4 Å². The largest absolute Gasteiger partial charge is 0.478 e. The van der Waals surface area contributed by atoms with Crippen LogP contribution < -0.4 is 11.1 Å². The van der Waals surface area contributed by atoms with Crippen LogP contribution in [0, 0.1) is 0 Å². The Morgan fingerprint density at radius 3 is 2.76 bits per heavy atom. The predicted octanol–water partition coefficient (Wildman–Crippen LogP) is 2.27. The molecule has 0 radical (unpaired) electrons. The second-order valence-corrected chi connectivity index (χ2v) is 5.37. The van der Waals surface area contributed by atoms with Crippen molar-refractivity contribution >= 4 is 29.1 Å². The second kappa shape index (κ2) is 5.31. The highest BCUT2D eigenvalue weighted by Gasteiger charge is 2.17. The molecule has 5 heteroatoms. The molecule has 1 saturated heterocycles. The van der Waals surface area contributed by atoms with Gasteiger partial charge in [0.25, 0.3) is 0 Å². The monoisotopic (exact) mass is 252 g/mol. The van der Waals surface area contributed by atoms with E-state index >= 15 is 0 Å². The van der Waals surface area contributed by atoms with Gasteiger partial charge in [-0.3, -0.25) is 0 Å². The van der Waals surface area contributed by atoms with E-state index in [0.717, 1.165) is 24.3 Å². The molecule has 17 heavy (non-hydrogen) atoms. The molecule has 1 aromatic carbocycles. The van der Waals surface area contributed by atoms with Crippen molar-refractivity contribution in [2.75, 3.05) is 22.6 Å². The molecule has 1 aliphatic rings. The molecule has 4 nitrogen and oxygen atoms in total. The molecule has 0 unspecified atom stereocenters. The number of thioether (sulfide) groups is 1. The molecule has 0 bridgehead atoms. The SMILES string of the molecule is Nc1ccc(NC2CCSCC2)c(C(=O)O)c1. The van der Waals surface area contributed by atoms with Gasteiger partial charge >= 0.3 is 5.97 Å². The Morgan fingerprint density at radius 2 is 2.12 bits per heavy atom. The van der Waals surface area contributed by atoms with Gasteiger partial charge in [-0.25, -0.2) is 4.79 Å². The van der Waals surface area contributed by atoms with Crippen LogP contribution in [0.3, 0.4) is 0 Å². The Kier molecular flexibility index (Phi) is 3.78. The summed E-state index contributed by atoms with van der Waals surface area (Å²) in [6, 6.07) is 5.35. The number of rotatable bonds is 3. The van der Waals surface area contributed by atoms with Gasteiger partial charge in [-0.2, -0.15) is 11.8 Å². The van der Waals surface area contributed by atoms with E-state index in [1.807, 2.05) is 11.8 Å². The Labute approximate surface area is 105 Å². The van der Waals surface area contributed by atoms with Crippen LogP contribution in [-0.4, -0.2) is 28.6 Å². The number of hydrogen-bond donors (Lipinski definition) is 3. The van der Waals surface area contributed by atoms with Crippen LogP contribution >= 0.6 is 11.8 Å². The summed E-state index contributed by atoms with van der Waals surface area (Å²) in [7, 11) is 0. The molecule has 1 heterocycles. The Hall–Kier alpha value is -1.36. The zero-order chi connectivity index (χ0) is 12.3. The summed E-state index contributed by atoms with van der Waals surface area (Å²) >= 11 is 1.95. The lowest BCUT2D eigenvalue weighted by Gasteiger charge is -2.24. The fourth-order valence-corrected chi connectivity index (χ4v) is 3.03. The summed E-state index contributed by atoms with van der Waals surface area (Å²) in [5.41, 5.74) is 7.01. The van der Waals surface area contributed by atoms with Crippen molar-refractivity contribution in [1.82, 2.24) is 0 Å². The minimum atomic E-state index is -0.940. The number of aromatic carboxylic acids is 1. The first-order valence-electron chi connectivity index (χ1n) is 5.64. The Balaban J connectivity index is 2.16. The van der Waals surface area contributed by atoms with E-state index in [1.165, 1.54) is 6.07 Å². The number of carboxylic acids is 1. The molecular formula is C12H16N2O2S. The molecule has 0 amide bonds. The number of anilines is 2. The first-order valence-corrected chi connectivity index (χ1v) is 6.79. The molecular weight excluding hydrogens is 236 g/mol. The Morgan fingerprint density at radius 1 is 1.41 bits per heavy atom. The smallest absolute Gasteiger partial charge is 0.337 e. The number of nitrogens with two attached hydrogens (primary N) is 1. The van der Waals surface area contributed by atoms with Gasteiger partial charge in [0.1, 0.15) is 0 Å². The third kappa shape index (κ3) is 3.06. The quantitative estimate of drug-likeness (QED) is 0.719.